The summed E-state index contributed by atoms with van der Waals surface area (Å²) in [5.41, 5.74) is 7.08. The van der Waals surface area contributed by atoms with Crippen LogP contribution in [0.15, 0.2) is 75.9 Å². The lowest BCUT2D eigenvalue weighted by molar-refractivity contribution is -0.000868. The van der Waals surface area contributed by atoms with Crippen molar-refractivity contribution in [3.05, 3.63) is 88.1 Å². The van der Waals surface area contributed by atoms with Gasteiger partial charge in [-0.05, 0) is 71.8 Å². The van der Waals surface area contributed by atoms with Crippen LogP contribution >= 0.6 is 11.6 Å². The second-order valence-corrected chi connectivity index (χ2v) is 12.0. The molecule has 5 rings (SSSR count). The summed E-state index contributed by atoms with van der Waals surface area (Å²) < 4.78 is 17.6. The summed E-state index contributed by atoms with van der Waals surface area (Å²) in [5, 5.41) is 13.4. The molecule has 0 radical (unpaired) electrons. The quantitative estimate of drug-likeness (QED) is 0.0327. The first-order valence-electron chi connectivity index (χ1n) is 15.9. The number of nitrogens with one attached hydrogen (secondary N) is 1. The molecule has 0 saturated carbocycles. The van der Waals surface area contributed by atoms with Crippen LogP contribution in [0.25, 0.3) is 43.8 Å². The molecule has 0 bridgehead atoms. The Kier molecular flexibility index (Phi) is 12.2. The van der Waals surface area contributed by atoms with Crippen molar-refractivity contribution in [1.29, 1.82) is 0 Å². The molecular formula is C37H41ClN2O7. The standard InChI is InChI=1S/C37H41ClN2O7/c1-40(2)27-9-13-31-34(23-27)47-36-29-14-10-28(41)22-26(29)8-12-32(36)35(31)30-11-7-25(21-33(30)37(42)43)24-46-39-16-18-45-20-19-44-17-6-4-3-5-15-38/h7-14,21-23,39H,3-6,15-20,24H2,1-2H3,(H,42,43). The normalized spacial score (nSPS) is 11.6. The Hall–Kier alpha value is -3.99. The summed E-state index contributed by atoms with van der Waals surface area (Å²) in [6, 6.07) is 19.8. The molecule has 10 heteroatoms. The third-order valence-electron chi connectivity index (χ3n) is 7.99. The zero-order valence-electron chi connectivity index (χ0n) is 26.9. The Morgan fingerprint density at radius 1 is 0.851 bits per heavy atom. The number of halogens is 1. The molecule has 4 aromatic carbocycles. The monoisotopic (exact) mass is 660 g/mol. The van der Waals surface area contributed by atoms with E-state index in [-0.39, 0.29) is 17.6 Å². The molecule has 1 heterocycles. The Morgan fingerprint density at radius 3 is 2.40 bits per heavy atom. The minimum absolute atomic E-state index is 0.0916. The third-order valence-corrected chi connectivity index (χ3v) is 8.26. The molecule has 0 amide bonds. The SMILES string of the molecule is CN(C)c1ccc2c(-c3ccc(CONCCOCCOCCCCCCCl)cc3C(=O)O)c3ccc4cc(=O)ccc4c3oc2c1. The zero-order valence-corrected chi connectivity index (χ0v) is 27.6. The fourth-order valence-electron chi connectivity index (χ4n) is 5.58. The van der Waals surface area contributed by atoms with Crippen LogP contribution in [-0.4, -0.2) is 64.0 Å². The first kappa shape index (κ1) is 34.3. The Morgan fingerprint density at radius 2 is 1.62 bits per heavy atom. The van der Waals surface area contributed by atoms with Crippen molar-refractivity contribution in [1.82, 2.24) is 5.48 Å². The minimum Gasteiger partial charge on any atom is -0.478 e. The molecule has 0 aliphatic heterocycles. The number of nitrogens with zero attached hydrogens (tertiary/aromatic N) is 1. The number of unbranched alkanes of at least 4 members (excludes halogenated alkanes) is 3. The zero-order chi connectivity index (χ0) is 33.2. The Bertz CT molecular complexity index is 1890. The van der Waals surface area contributed by atoms with Gasteiger partial charge in [-0.3, -0.25) is 9.63 Å². The average Bonchev–Trinajstić information content (AvgIpc) is 3.06. The number of benzene rings is 4. The molecule has 2 N–H and O–H groups in total. The third kappa shape index (κ3) is 8.68. The van der Waals surface area contributed by atoms with Gasteiger partial charge in [0, 0.05) is 66.6 Å². The average molecular weight is 661 g/mol. The van der Waals surface area contributed by atoms with E-state index in [1.54, 1.807) is 18.2 Å². The van der Waals surface area contributed by atoms with Gasteiger partial charge >= 0.3 is 5.97 Å². The maximum Gasteiger partial charge on any atom is 0.336 e. The van der Waals surface area contributed by atoms with Crippen molar-refractivity contribution in [2.45, 2.75) is 32.3 Å². The van der Waals surface area contributed by atoms with E-state index in [9.17, 15) is 14.7 Å². The highest BCUT2D eigenvalue weighted by Gasteiger charge is 2.20. The van der Waals surface area contributed by atoms with E-state index in [0.29, 0.717) is 54.5 Å². The summed E-state index contributed by atoms with van der Waals surface area (Å²) in [5.74, 6) is -0.337. The van der Waals surface area contributed by atoms with Crippen molar-refractivity contribution in [2.75, 3.05) is 57.8 Å². The molecule has 0 spiro atoms. The first-order chi connectivity index (χ1) is 22.9. The molecule has 0 fully saturated rings. The fraction of sp³-hybridized carbons (Fsp3) is 0.351. The number of alkyl halides is 1. The highest BCUT2D eigenvalue weighted by Crippen LogP contribution is 2.41. The van der Waals surface area contributed by atoms with Gasteiger partial charge in [-0.1, -0.05) is 31.0 Å². The van der Waals surface area contributed by atoms with Crippen molar-refractivity contribution in [2.24, 2.45) is 0 Å². The smallest absolute Gasteiger partial charge is 0.336 e. The van der Waals surface area contributed by atoms with Crippen LogP contribution in [0.3, 0.4) is 0 Å². The van der Waals surface area contributed by atoms with Crippen LogP contribution in [0.1, 0.15) is 41.6 Å². The molecule has 5 aromatic rings. The number of rotatable bonds is 18. The number of anilines is 1. The van der Waals surface area contributed by atoms with E-state index in [1.807, 2.05) is 61.5 Å². The minimum atomic E-state index is -1.05. The second-order valence-electron chi connectivity index (χ2n) is 11.6. The number of aromatic carboxylic acids is 1. The van der Waals surface area contributed by atoms with Crippen LogP contribution in [0.5, 0.6) is 0 Å². The second kappa shape index (κ2) is 16.7. The lowest BCUT2D eigenvalue weighted by Gasteiger charge is -2.18. The molecule has 0 saturated heterocycles. The fourth-order valence-corrected chi connectivity index (χ4v) is 5.77. The summed E-state index contributed by atoms with van der Waals surface area (Å²) in [6.07, 6.45) is 4.34. The molecule has 248 valence electrons. The lowest BCUT2D eigenvalue weighted by Crippen LogP contribution is -2.21. The van der Waals surface area contributed by atoms with Crippen LogP contribution in [0, 0.1) is 0 Å². The van der Waals surface area contributed by atoms with E-state index < -0.39 is 5.97 Å². The van der Waals surface area contributed by atoms with Crippen molar-refractivity contribution in [3.8, 4) is 11.1 Å². The molecule has 9 nitrogen and oxygen atoms in total. The van der Waals surface area contributed by atoms with Gasteiger partial charge < -0.3 is 23.9 Å². The van der Waals surface area contributed by atoms with Gasteiger partial charge in [-0.15, -0.1) is 11.6 Å². The number of carboxylic acid groups (broad SMARTS) is 1. The van der Waals surface area contributed by atoms with Gasteiger partial charge in [0.05, 0.1) is 32.0 Å². The predicted molar refractivity (Wildman–Crippen MR) is 188 cm³/mol. The first-order valence-corrected chi connectivity index (χ1v) is 16.4. The van der Waals surface area contributed by atoms with E-state index in [1.165, 1.54) is 6.07 Å². The summed E-state index contributed by atoms with van der Waals surface area (Å²) in [7, 11) is 3.90. The van der Waals surface area contributed by atoms with Crippen LogP contribution in [-0.2, 0) is 20.9 Å². The lowest BCUT2D eigenvalue weighted by atomic mass is 9.91. The van der Waals surface area contributed by atoms with Gasteiger partial charge in [0.1, 0.15) is 11.2 Å². The molecular weight excluding hydrogens is 620 g/mol. The van der Waals surface area contributed by atoms with Gasteiger partial charge in [0.15, 0.2) is 5.43 Å². The van der Waals surface area contributed by atoms with E-state index in [2.05, 4.69) is 5.48 Å². The largest absolute Gasteiger partial charge is 0.478 e. The number of hydrogen-bond donors (Lipinski definition) is 2. The maximum atomic E-state index is 12.7. The number of carbonyl (C=O) groups is 1. The van der Waals surface area contributed by atoms with Gasteiger partial charge in [0.2, 0.25) is 0 Å². The van der Waals surface area contributed by atoms with E-state index >= 15 is 0 Å². The van der Waals surface area contributed by atoms with Crippen molar-refractivity contribution in [3.63, 3.8) is 0 Å². The van der Waals surface area contributed by atoms with Crippen molar-refractivity contribution >= 4 is 56.0 Å². The summed E-state index contributed by atoms with van der Waals surface area (Å²) in [4.78, 5) is 32.3. The van der Waals surface area contributed by atoms with Crippen LogP contribution in [0.2, 0.25) is 0 Å². The number of fused-ring (bicyclic) bond motifs is 4. The molecule has 0 atom stereocenters. The topological polar surface area (TPSA) is 110 Å². The van der Waals surface area contributed by atoms with E-state index in [4.69, 9.17) is 30.3 Å². The number of hydroxylamine groups is 1. The highest BCUT2D eigenvalue weighted by atomic mass is 35.5. The Balaban J connectivity index is 1.30. The molecule has 1 aromatic heterocycles. The number of ether oxygens (including phenoxy) is 2. The maximum absolute atomic E-state index is 12.7. The van der Waals surface area contributed by atoms with Gasteiger partial charge in [0.25, 0.3) is 0 Å². The molecule has 0 aliphatic carbocycles. The van der Waals surface area contributed by atoms with Gasteiger partial charge in [-0.2, -0.15) is 5.48 Å². The van der Waals surface area contributed by atoms with E-state index in [0.717, 1.165) is 65.1 Å². The molecule has 47 heavy (non-hydrogen) atoms. The molecule has 0 aliphatic rings. The van der Waals surface area contributed by atoms with Crippen LogP contribution in [0.4, 0.5) is 5.69 Å². The summed E-state index contributed by atoms with van der Waals surface area (Å²) >= 11 is 5.69. The van der Waals surface area contributed by atoms with Crippen molar-refractivity contribution < 1.29 is 28.6 Å². The predicted octanol–water partition coefficient (Wildman–Crippen LogP) is 7.38. The summed E-state index contributed by atoms with van der Waals surface area (Å²) in [6.45, 7) is 2.90. The Labute approximate surface area is 278 Å². The number of carboxylic acids is 1. The highest BCUT2D eigenvalue weighted by molar-refractivity contribution is 6.18. The molecule has 0 unspecified atom stereocenters. The van der Waals surface area contributed by atoms with Crippen LogP contribution < -0.4 is 15.8 Å². The van der Waals surface area contributed by atoms with Gasteiger partial charge in [-0.25, -0.2) is 4.79 Å². The number of hydrogen-bond acceptors (Lipinski definition) is 8.